The van der Waals surface area contributed by atoms with Crippen LogP contribution in [0.3, 0.4) is 0 Å². The Morgan fingerprint density at radius 3 is 2.52 bits per heavy atom. The maximum Gasteiger partial charge on any atom is 0.187 e. The molecule has 0 aliphatic rings. The van der Waals surface area contributed by atoms with E-state index in [0.717, 1.165) is 28.0 Å². The topological polar surface area (TPSA) is 54.6 Å². The van der Waals surface area contributed by atoms with E-state index in [9.17, 15) is 5.26 Å². The molecule has 2 rings (SSSR count). The minimum atomic E-state index is -0.0160. The summed E-state index contributed by atoms with van der Waals surface area (Å²) in [5, 5.41) is 13.1. The van der Waals surface area contributed by atoms with E-state index in [2.05, 4.69) is 50.2 Å². The summed E-state index contributed by atoms with van der Waals surface area (Å²) in [6, 6.07) is 15.9. The van der Waals surface area contributed by atoms with Gasteiger partial charge in [-0.15, -0.1) is 0 Å². The molecule has 0 atom stereocenters. The van der Waals surface area contributed by atoms with Gasteiger partial charge in [-0.1, -0.05) is 62.3 Å². The third-order valence-electron chi connectivity index (χ3n) is 3.89. The van der Waals surface area contributed by atoms with Gasteiger partial charge in [-0.25, -0.2) is 0 Å². The van der Waals surface area contributed by atoms with Gasteiger partial charge in [-0.05, 0) is 35.1 Å². The van der Waals surface area contributed by atoms with Crippen molar-refractivity contribution in [1.82, 2.24) is 0 Å². The highest BCUT2D eigenvalue weighted by molar-refractivity contribution is 6.12. The summed E-state index contributed by atoms with van der Waals surface area (Å²) >= 11 is 0. The minimum Gasteiger partial charge on any atom is -0.489 e. The first-order chi connectivity index (χ1) is 11.9. The summed E-state index contributed by atoms with van der Waals surface area (Å²) < 4.78 is 6.14. The molecule has 0 aromatic heterocycles. The maximum atomic E-state index is 9.31. The summed E-state index contributed by atoms with van der Waals surface area (Å²) in [6.07, 6.45) is 0. The zero-order chi connectivity index (χ0) is 18.4. The highest BCUT2D eigenvalue weighted by atomic mass is 16.6. The van der Waals surface area contributed by atoms with Crippen LogP contribution < -0.4 is 4.74 Å². The standard InChI is InChI=1S/C21H24N2O2/c1-15-10-11-18(21(2,3)4)20(12-15)25-14-16-8-6-7-9-17(16)19(13-22)23-24-5/h6-12H,14H2,1-5H3. The van der Waals surface area contributed by atoms with Gasteiger partial charge in [-0.2, -0.15) is 5.26 Å². The normalized spacial score (nSPS) is 11.8. The maximum absolute atomic E-state index is 9.31. The molecule has 0 bridgehead atoms. The van der Waals surface area contributed by atoms with Crippen molar-refractivity contribution in [2.45, 2.75) is 39.7 Å². The third-order valence-corrected chi connectivity index (χ3v) is 3.89. The molecule has 0 saturated heterocycles. The lowest BCUT2D eigenvalue weighted by atomic mass is 9.86. The zero-order valence-electron chi connectivity index (χ0n) is 15.5. The fourth-order valence-electron chi connectivity index (χ4n) is 2.62. The van der Waals surface area contributed by atoms with Crippen molar-refractivity contribution in [1.29, 1.82) is 5.26 Å². The molecule has 0 radical (unpaired) electrons. The van der Waals surface area contributed by atoms with Crippen LogP contribution in [0, 0.1) is 18.3 Å². The number of aryl methyl sites for hydroxylation is 1. The molecule has 0 spiro atoms. The second-order valence-corrected chi connectivity index (χ2v) is 6.93. The van der Waals surface area contributed by atoms with Crippen molar-refractivity contribution in [2.24, 2.45) is 5.16 Å². The molecule has 25 heavy (non-hydrogen) atoms. The Morgan fingerprint density at radius 1 is 1.16 bits per heavy atom. The summed E-state index contributed by atoms with van der Waals surface area (Å²) in [5.74, 6) is 0.865. The first kappa shape index (κ1) is 18.5. The second kappa shape index (κ2) is 7.85. The lowest BCUT2D eigenvalue weighted by Crippen LogP contribution is -2.14. The summed E-state index contributed by atoms with van der Waals surface area (Å²) in [4.78, 5) is 4.77. The van der Waals surface area contributed by atoms with Gasteiger partial charge < -0.3 is 9.57 Å². The molecule has 0 saturated carbocycles. The van der Waals surface area contributed by atoms with Gasteiger partial charge in [0.2, 0.25) is 0 Å². The van der Waals surface area contributed by atoms with Crippen molar-refractivity contribution in [3.8, 4) is 11.8 Å². The highest BCUT2D eigenvalue weighted by Crippen LogP contribution is 2.32. The fourth-order valence-corrected chi connectivity index (χ4v) is 2.62. The number of oxime groups is 1. The van der Waals surface area contributed by atoms with Crippen LogP contribution in [0.2, 0.25) is 0 Å². The van der Waals surface area contributed by atoms with Gasteiger partial charge in [0.05, 0.1) is 0 Å². The van der Waals surface area contributed by atoms with E-state index in [1.54, 1.807) is 0 Å². The average molecular weight is 336 g/mol. The van der Waals surface area contributed by atoms with Crippen molar-refractivity contribution < 1.29 is 9.57 Å². The van der Waals surface area contributed by atoms with Gasteiger partial charge in [0.15, 0.2) is 5.71 Å². The monoisotopic (exact) mass is 336 g/mol. The minimum absolute atomic E-state index is 0.0160. The lowest BCUT2D eigenvalue weighted by Gasteiger charge is -2.23. The number of rotatable bonds is 5. The first-order valence-electron chi connectivity index (χ1n) is 8.20. The van der Waals surface area contributed by atoms with Crippen LogP contribution in [0.15, 0.2) is 47.6 Å². The molecular formula is C21H24N2O2. The van der Waals surface area contributed by atoms with Crippen LogP contribution in [0.25, 0.3) is 0 Å². The fraction of sp³-hybridized carbons (Fsp3) is 0.333. The van der Waals surface area contributed by atoms with E-state index < -0.39 is 0 Å². The first-order valence-corrected chi connectivity index (χ1v) is 8.20. The third kappa shape index (κ3) is 4.60. The molecule has 2 aromatic rings. The van der Waals surface area contributed by atoms with E-state index in [1.165, 1.54) is 7.11 Å². The van der Waals surface area contributed by atoms with Crippen molar-refractivity contribution in [3.05, 3.63) is 64.7 Å². The molecule has 0 N–H and O–H groups in total. The van der Waals surface area contributed by atoms with Gasteiger partial charge in [0.25, 0.3) is 0 Å². The van der Waals surface area contributed by atoms with Crippen LogP contribution >= 0.6 is 0 Å². The number of nitriles is 1. The summed E-state index contributed by atoms with van der Waals surface area (Å²) in [7, 11) is 1.43. The van der Waals surface area contributed by atoms with Crippen LogP contribution in [0.5, 0.6) is 5.75 Å². The Labute approximate surface area is 149 Å². The molecule has 0 aliphatic heterocycles. The van der Waals surface area contributed by atoms with Crippen molar-refractivity contribution >= 4 is 5.71 Å². The van der Waals surface area contributed by atoms with Gasteiger partial charge in [0, 0.05) is 5.56 Å². The van der Waals surface area contributed by atoms with Crippen LogP contribution in [0.4, 0.5) is 0 Å². The number of nitrogens with zero attached hydrogens (tertiary/aromatic N) is 2. The van der Waals surface area contributed by atoms with E-state index in [4.69, 9.17) is 9.57 Å². The van der Waals surface area contributed by atoms with Crippen molar-refractivity contribution in [3.63, 3.8) is 0 Å². The van der Waals surface area contributed by atoms with Crippen molar-refractivity contribution in [2.75, 3.05) is 7.11 Å². The van der Waals surface area contributed by atoms with Gasteiger partial charge in [-0.3, -0.25) is 0 Å². The van der Waals surface area contributed by atoms with Crippen LogP contribution in [0.1, 0.15) is 43.0 Å². The molecule has 2 aromatic carbocycles. The second-order valence-electron chi connectivity index (χ2n) is 6.93. The number of hydrogen-bond acceptors (Lipinski definition) is 4. The number of hydrogen-bond donors (Lipinski definition) is 0. The number of ether oxygens (including phenoxy) is 1. The van der Waals surface area contributed by atoms with E-state index in [-0.39, 0.29) is 11.1 Å². The predicted octanol–water partition coefficient (Wildman–Crippen LogP) is 4.75. The predicted molar refractivity (Wildman–Crippen MR) is 99.8 cm³/mol. The molecule has 4 nitrogen and oxygen atoms in total. The highest BCUT2D eigenvalue weighted by Gasteiger charge is 2.19. The van der Waals surface area contributed by atoms with E-state index in [1.807, 2.05) is 31.2 Å². The Morgan fingerprint density at radius 2 is 1.88 bits per heavy atom. The van der Waals surface area contributed by atoms with E-state index >= 15 is 0 Å². The SMILES string of the molecule is CON=C(C#N)c1ccccc1COc1cc(C)ccc1C(C)(C)C. The Bertz CT molecular complexity index is 811. The Kier molecular flexibility index (Phi) is 5.82. The lowest BCUT2D eigenvalue weighted by molar-refractivity contribution is 0.214. The smallest absolute Gasteiger partial charge is 0.187 e. The van der Waals surface area contributed by atoms with Gasteiger partial charge in [0.1, 0.15) is 25.5 Å². The molecule has 0 unspecified atom stereocenters. The van der Waals surface area contributed by atoms with E-state index in [0.29, 0.717) is 6.61 Å². The Balaban J connectivity index is 2.34. The molecular weight excluding hydrogens is 312 g/mol. The quantitative estimate of drug-likeness (QED) is 0.585. The molecule has 0 amide bonds. The molecule has 4 heteroatoms. The van der Waals surface area contributed by atoms with Crippen LogP contribution in [-0.4, -0.2) is 12.8 Å². The largest absolute Gasteiger partial charge is 0.489 e. The summed E-state index contributed by atoms with van der Waals surface area (Å²) in [6.45, 7) is 8.89. The summed E-state index contributed by atoms with van der Waals surface area (Å²) in [5.41, 5.74) is 4.13. The molecule has 0 fully saturated rings. The van der Waals surface area contributed by atoms with Gasteiger partial charge >= 0.3 is 0 Å². The Hall–Kier alpha value is -2.80. The molecule has 0 aliphatic carbocycles. The molecule has 0 heterocycles. The average Bonchev–Trinajstić information content (AvgIpc) is 2.57. The van der Waals surface area contributed by atoms with Crippen LogP contribution in [-0.2, 0) is 16.9 Å². The number of benzene rings is 2. The zero-order valence-corrected chi connectivity index (χ0v) is 15.5. The molecule has 130 valence electrons.